The summed E-state index contributed by atoms with van der Waals surface area (Å²) in [5.74, 6) is 1.01. The van der Waals surface area contributed by atoms with Crippen LogP contribution < -0.4 is 5.32 Å². The zero-order valence-corrected chi connectivity index (χ0v) is 9.41. The van der Waals surface area contributed by atoms with Crippen LogP contribution in [0.15, 0.2) is 21.3 Å². The van der Waals surface area contributed by atoms with Crippen LogP contribution in [0.3, 0.4) is 0 Å². The van der Waals surface area contributed by atoms with Gasteiger partial charge in [0.25, 0.3) is 0 Å². The maximum absolute atomic E-state index is 11.9. The van der Waals surface area contributed by atoms with E-state index < -0.39 is 12.7 Å². The molecule has 0 aliphatic rings. The number of rotatable bonds is 4. The number of hydrogen-bond acceptors (Lipinski definition) is 5. The molecule has 8 heteroatoms. The van der Waals surface area contributed by atoms with E-state index in [1.54, 1.807) is 13.0 Å². The van der Waals surface area contributed by atoms with Crippen LogP contribution in [-0.2, 0) is 6.54 Å². The van der Waals surface area contributed by atoms with Crippen molar-refractivity contribution in [3.05, 3.63) is 24.0 Å². The summed E-state index contributed by atoms with van der Waals surface area (Å²) in [4.78, 5) is 3.97. The van der Waals surface area contributed by atoms with Crippen LogP contribution in [-0.4, -0.2) is 22.9 Å². The number of aryl methyl sites for hydroxylation is 1. The number of aromatic nitrogens is 2. The first-order valence-electron chi connectivity index (χ1n) is 5.10. The van der Waals surface area contributed by atoms with E-state index in [4.69, 9.17) is 8.94 Å². The number of furan rings is 1. The molecule has 0 atom stereocenters. The van der Waals surface area contributed by atoms with Crippen molar-refractivity contribution in [2.45, 2.75) is 19.6 Å². The average Bonchev–Trinajstić information content (AvgIpc) is 2.84. The number of hydrogen-bond donors (Lipinski definition) is 1. The molecular formula is C10H10F3N3O2. The predicted molar refractivity (Wildman–Crippen MR) is 54.5 cm³/mol. The molecule has 2 aromatic heterocycles. The minimum absolute atomic E-state index is 0.0925. The summed E-state index contributed by atoms with van der Waals surface area (Å²) in [6.07, 6.45) is -2.79. The van der Waals surface area contributed by atoms with Gasteiger partial charge in [-0.1, -0.05) is 5.16 Å². The minimum Gasteiger partial charge on any atom is -0.469 e. The average molecular weight is 261 g/mol. The van der Waals surface area contributed by atoms with Gasteiger partial charge in [0, 0.05) is 0 Å². The van der Waals surface area contributed by atoms with Crippen LogP contribution in [0.4, 0.5) is 13.2 Å². The fraction of sp³-hybridized carbons (Fsp3) is 0.400. The molecule has 0 spiro atoms. The molecule has 0 amide bonds. The highest BCUT2D eigenvalue weighted by Gasteiger charge is 2.26. The van der Waals surface area contributed by atoms with Crippen LogP contribution in [0, 0.1) is 6.92 Å². The number of nitrogens with zero attached hydrogens (tertiary/aromatic N) is 2. The van der Waals surface area contributed by atoms with Crippen molar-refractivity contribution < 1.29 is 22.1 Å². The highest BCUT2D eigenvalue weighted by atomic mass is 19.4. The minimum atomic E-state index is -4.26. The predicted octanol–water partition coefficient (Wildman–Crippen LogP) is 2.29. The van der Waals surface area contributed by atoms with E-state index in [9.17, 15) is 13.2 Å². The molecule has 2 heterocycles. The van der Waals surface area contributed by atoms with E-state index in [0.717, 1.165) is 0 Å². The van der Waals surface area contributed by atoms with E-state index in [1.807, 2.05) is 0 Å². The van der Waals surface area contributed by atoms with E-state index >= 15 is 0 Å². The first kappa shape index (κ1) is 12.6. The van der Waals surface area contributed by atoms with Gasteiger partial charge < -0.3 is 14.3 Å². The fourth-order valence-corrected chi connectivity index (χ4v) is 1.36. The molecule has 0 aliphatic carbocycles. The van der Waals surface area contributed by atoms with E-state index in [-0.39, 0.29) is 12.4 Å². The van der Waals surface area contributed by atoms with Crippen LogP contribution in [0.25, 0.3) is 11.4 Å². The Morgan fingerprint density at radius 2 is 2.17 bits per heavy atom. The lowest BCUT2D eigenvalue weighted by Crippen LogP contribution is -2.28. The Morgan fingerprint density at radius 1 is 1.39 bits per heavy atom. The van der Waals surface area contributed by atoms with Crippen LogP contribution in [0.5, 0.6) is 0 Å². The Balaban J connectivity index is 1.97. The van der Waals surface area contributed by atoms with Gasteiger partial charge in [0.05, 0.1) is 24.9 Å². The van der Waals surface area contributed by atoms with E-state index in [2.05, 4.69) is 15.5 Å². The summed E-state index contributed by atoms with van der Waals surface area (Å²) >= 11 is 0. The smallest absolute Gasteiger partial charge is 0.401 e. The Morgan fingerprint density at radius 3 is 2.78 bits per heavy atom. The van der Waals surface area contributed by atoms with Crippen molar-refractivity contribution in [3.8, 4) is 11.4 Å². The monoisotopic (exact) mass is 261 g/mol. The number of nitrogens with one attached hydrogen (secondary N) is 1. The van der Waals surface area contributed by atoms with Crippen molar-refractivity contribution in [2.75, 3.05) is 6.54 Å². The topological polar surface area (TPSA) is 64.1 Å². The summed E-state index contributed by atoms with van der Waals surface area (Å²) in [6.45, 7) is 0.492. The summed E-state index contributed by atoms with van der Waals surface area (Å²) in [6, 6.07) is 1.66. The third-order valence-corrected chi connectivity index (χ3v) is 2.17. The van der Waals surface area contributed by atoms with Gasteiger partial charge in [0.2, 0.25) is 11.7 Å². The second-order valence-corrected chi connectivity index (χ2v) is 3.62. The largest absolute Gasteiger partial charge is 0.469 e. The second kappa shape index (κ2) is 4.81. The lowest BCUT2D eigenvalue weighted by Gasteiger charge is -2.05. The Labute approximate surface area is 100.0 Å². The van der Waals surface area contributed by atoms with E-state index in [1.165, 1.54) is 6.26 Å². The van der Waals surface area contributed by atoms with Crippen molar-refractivity contribution in [1.82, 2.24) is 15.5 Å². The molecule has 1 N–H and O–H groups in total. The maximum atomic E-state index is 11.9. The summed E-state index contributed by atoms with van der Waals surface area (Å²) < 4.78 is 45.6. The highest BCUT2D eigenvalue weighted by molar-refractivity contribution is 5.55. The third kappa shape index (κ3) is 3.10. The lowest BCUT2D eigenvalue weighted by atomic mass is 10.2. The first-order valence-corrected chi connectivity index (χ1v) is 5.10. The van der Waals surface area contributed by atoms with Crippen LogP contribution in [0.1, 0.15) is 11.7 Å². The van der Waals surface area contributed by atoms with Gasteiger partial charge in [-0.25, -0.2) is 0 Å². The number of alkyl halides is 3. The molecule has 0 radical (unpaired) electrons. The van der Waals surface area contributed by atoms with Crippen molar-refractivity contribution in [2.24, 2.45) is 0 Å². The molecule has 98 valence electrons. The SMILES string of the molecule is Cc1occc1-c1noc(CNCC(F)(F)F)n1. The molecule has 0 fully saturated rings. The van der Waals surface area contributed by atoms with Crippen LogP contribution >= 0.6 is 0 Å². The zero-order chi connectivity index (χ0) is 13.2. The quantitative estimate of drug-likeness (QED) is 0.914. The van der Waals surface area contributed by atoms with Gasteiger partial charge in [-0.05, 0) is 13.0 Å². The normalized spacial score (nSPS) is 12.0. The molecule has 2 rings (SSSR count). The molecule has 0 bridgehead atoms. The molecule has 0 aliphatic heterocycles. The number of halogens is 3. The molecule has 0 saturated heterocycles. The standard InChI is InChI=1S/C10H10F3N3O2/c1-6-7(2-3-17-6)9-15-8(18-16-9)4-14-5-10(11,12)13/h2-3,14H,4-5H2,1H3. The van der Waals surface area contributed by atoms with Crippen molar-refractivity contribution >= 4 is 0 Å². The Kier molecular flexibility index (Phi) is 3.37. The molecule has 2 aromatic rings. The van der Waals surface area contributed by atoms with Crippen molar-refractivity contribution in [1.29, 1.82) is 0 Å². The van der Waals surface area contributed by atoms with Gasteiger partial charge in [-0.15, -0.1) is 0 Å². The van der Waals surface area contributed by atoms with Crippen LogP contribution in [0.2, 0.25) is 0 Å². The molecule has 5 nitrogen and oxygen atoms in total. The highest BCUT2D eigenvalue weighted by Crippen LogP contribution is 2.21. The van der Waals surface area contributed by atoms with Gasteiger partial charge in [0.1, 0.15) is 5.76 Å². The van der Waals surface area contributed by atoms with Gasteiger partial charge >= 0.3 is 6.18 Å². The second-order valence-electron chi connectivity index (χ2n) is 3.62. The summed E-state index contributed by atoms with van der Waals surface area (Å²) in [7, 11) is 0. The first-order chi connectivity index (χ1) is 8.46. The Hall–Kier alpha value is -1.83. The van der Waals surface area contributed by atoms with Gasteiger partial charge in [-0.2, -0.15) is 18.2 Å². The molecule has 0 unspecified atom stereocenters. The third-order valence-electron chi connectivity index (χ3n) is 2.17. The molecule has 0 aromatic carbocycles. The van der Waals surface area contributed by atoms with Crippen molar-refractivity contribution in [3.63, 3.8) is 0 Å². The van der Waals surface area contributed by atoms with Gasteiger partial charge in [-0.3, -0.25) is 0 Å². The van der Waals surface area contributed by atoms with E-state index in [0.29, 0.717) is 17.1 Å². The lowest BCUT2D eigenvalue weighted by molar-refractivity contribution is -0.125. The summed E-state index contributed by atoms with van der Waals surface area (Å²) in [5, 5.41) is 5.84. The molecule has 0 saturated carbocycles. The summed E-state index contributed by atoms with van der Waals surface area (Å²) in [5.41, 5.74) is 0.654. The van der Waals surface area contributed by atoms with Gasteiger partial charge in [0.15, 0.2) is 0 Å². The Bertz CT molecular complexity index is 518. The fourth-order valence-electron chi connectivity index (χ4n) is 1.36. The zero-order valence-electron chi connectivity index (χ0n) is 9.41. The molecular weight excluding hydrogens is 251 g/mol. The molecule has 18 heavy (non-hydrogen) atoms. The maximum Gasteiger partial charge on any atom is 0.401 e.